The third-order valence-electron chi connectivity index (χ3n) is 5.26. The molecule has 0 saturated carbocycles. The number of ketones is 1. The van der Waals surface area contributed by atoms with Crippen molar-refractivity contribution in [2.45, 2.75) is 57.5 Å². The summed E-state index contributed by atoms with van der Waals surface area (Å²) in [6, 6.07) is 7.71. The van der Waals surface area contributed by atoms with Crippen LogP contribution in [0, 0.1) is 11.7 Å². The molecule has 6 nitrogen and oxygen atoms in total. The number of rotatable bonds is 13. The van der Waals surface area contributed by atoms with Crippen LogP contribution < -0.4 is 4.74 Å². The van der Waals surface area contributed by atoms with E-state index in [1.807, 2.05) is 6.92 Å². The number of carboxylic acids is 1. The normalized spacial score (nSPS) is 12.9. The Morgan fingerprint density at radius 1 is 1.21 bits per heavy atom. The third-order valence-corrected chi connectivity index (χ3v) is 6.39. The first-order valence-electron chi connectivity index (χ1n) is 11.0. The summed E-state index contributed by atoms with van der Waals surface area (Å²) in [7, 11) is 0. The molecule has 0 heterocycles. The quantitative estimate of drug-likeness (QED) is 0.201. The number of halogens is 1. The largest absolute Gasteiger partial charge is 0.507 e. The lowest BCUT2D eigenvalue weighted by Gasteiger charge is -2.18. The molecule has 0 aliphatic carbocycles. The third kappa shape index (κ3) is 7.47. The first kappa shape index (κ1) is 26.7. The number of Topliss-reactive ketones (excluding diaryl/α,β-unsaturated/α-hetero) is 1. The molecule has 0 bridgehead atoms. The Kier molecular flexibility index (Phi) is 10.2. The lowest BCUT2D eigenvalue weighted by atomic mass is 9.95. The topological polar surface area (TPSA) is 104 Å². The number of hydrogen-bond acceptors (Lipinski definition) is 6. The summed E-state index contributed by atoms with van der Waals surface area (Å²) in [6.07, 6.45) is 0.761. The fourth-order valence-electron chi connectivity index (χ4n) is 3.49. The Morgan fingerprint density at radius 3 is 2.55 bits per heavy atom. The van der Waals surface area contributed by atoms with Crippen molar-refractivity contribution in [2.24, 2.45) is 5.92 Å². The zero-order valence-corrected chi connectivity index (χ0v) is 20.0. The van der Waals surface area contributed by atoms with Gasteiger partial charge in [-0.3, -0.25) is 9.59 Å². The second-order valence-corrected chi connectivity index (χ2v) is 9.14. The maximum atomic E-state index is 14.5. The van der Waals surface area contributed by atoms with E-state index in [9.17, 15) is 24.2 Å². The molecule has 180 valence electrons. The van der Waals surface area contributed by atoms with Gasteiger partial charge in [0.05, 0.1) is 24.7 Å². The number of carboxylic acid groups (broad SMARTS) is 1. The molecule has 0 spiro atoms. The van der Waals surface area contributed by atoms with Crippen molar-refractivity contribution in [1.29, 1.82) is 0 Å². The van der Waals surface area contributed by atoms with Crippen molar-refractivity contribution in [3.63, 3.8) is 0 Å². The average Bonchev–Trinajstić information content (AvgIpc) is 2.75. The van der Waals surface area contributed by atoms with E-state index in [0.29, 0.717) is 47.0 Å². The molecule has 0 saturated heterocycles. The predicted octanol–water partition coefficient (Wildman–Crippen LogP) is 5.39. The highest BCUT2D eigenvalue weighted by atomic mass is 32.2. The van der Waals surface area contributed by atoms with Gasteiger partial charge in [0.25, 0.3) is 0 Å². The minimum absolute atomic E-state index is 0.0294. The van der Waals surface area contributed by atoms with E-state index >= 15 is 0 Å². The molecule has 2 aromatic rings. The molecule has 8 heteroatoms. The number of hydrogen-bond donors (Lipinski definition) is 3. The van der Waals surface area contributed by atoms with Gasteiger partial charge in [-0.1, -0.05) is 26.3 Å². The van der Waals surface area contributed by atoms with Gasteiger partial charge in [-0.25, -0.2) is 4.39 Å². The predicted molar refractivity (Wildman–Crippen MR) is 126 cm³/mol. The molecule has 0 radical (unpaired) electrons. The van der Waals surface area contributed by atoms with Gasteiger partial charge in [-0.15, -0.1) is 11.8 Å². The van der Waals surface area contributed by atoms with Crippen LogP contribution in [0.4, 0.5) is 4.39 Å². The maximum Gasteiger partial charge on any atom is 0.303 e. The Labute approximate surface area is 197 Å². The van der Waals surface area contributed by atoms with Crippen molar-refractivity contribution in [3.05, 3.63) is 52.8 Å². The standard InChI is InChI=1S/C25H31FO6S/c1-4-6-19-21(9-8-18(16(3)27)25(19)31)32-11-5-12-33-22-10-7-17(14-20(22)26)24(30)15(2)13-23(28)29/h7-10,14-15,24,30-31H,4-6,11-13H2,1-3H3,(H,28,29). The summed E-state index contributed by atoms with van der Waals surface area (Å²) in [5.74, 6) is -1.10. The number of carbonyl (C=O) groups is 2. The van der Waals surface area contributed by atoms with Crippen molar-refractivity contribution in [2.75, 3.05) is 12.4 Å². The molecule has 0 aromatic heterocycles. The number of aromatic hydroxyl groups is 1. The Morgan fingerprint density at radius 2 is 1.94 bits per heavy atom. The number of aliphatic hydroxyl groups excluding tert-OH is 1. The SMILES string of the molecule is CCCc1c(OCCCSc2ccc(C(O)C(C)CC(=O)O)cc2F)ccc(C(C)=O)c1O. The summed E-state index contributed by atoms with van der Waals surface area (Å²) in [6.45, 7) is 5.36. The van der Waals surface area contributed by atoms with Crippen molar-refractivity contribution in [3.8, 4) is 11.5 Å². The number of carbonyl (C=O) groups excluding carboxylic acids is 1. The Balaban J connectivity index is 1.91. The molecule has 2 aromatic carbocycles. The van der Waals surface area contributed by atoms with Gasteiger partial charge in [-0.05, 0) is 55.5 Å². The van der Waals surface area contributed by atoms with Crippen LogP contribution in [0.15, 0.2) is 35.2 Å². The lowest BCUT2D eigenvalue weighted by molar-refractivity contribution is -0.139. The summed E-state index contributed by atoms with van der Waals surface area (Å²) < 4.78 is 20.3. The van der Waals surface area contributed by atoms with Crippen LogP contribution in [-0.2, 0) is 11.2 Å². The molecule has 3 N–H and O–H groups in total. The Hall–Kier alpha value is -2.58. The van der Waals surface area contributed by atoms with Gasteiger partial charge in [-0.2, -0.15) is 0 Å². The van der Waals surface area contributed by atoms with Crippen molar-refractivity contribution in [1.82, 2.24) is 0 Å². The smallest absolute Gasteiger partial charge is 0.303 e. The fraction of sp³-hybridized carbons (Fsp3) is 0.440. The molecule has 0 aliphatic rings. The summed E-state index contributed by atoms with van der Waals surface area (Å²) in [4.78, 5) is 22.9. The summed E-state index contributed by atoms with van der Waals surface area (Å²) in [5.41, 5.74) is 1.25. The molecular weight excluding hydrogens is 447 g/mol. The maximum absolute atomic E-state index is 14.5. The molecule has 2 rings (SSSR count). The van der Waals surface area contributed by atoms with Crippen LogP contribution in [0.2, 0.25) is 0 Å². The summed E-state index contributed by atoms with van der Waals surface area (Å²) in [5, 5.41) is 29.5. The van der Waals surface area contributed by atoms with E-state index in [1.54, 1.807) is 31.2 Å². The van der Waals surface area contributed by atoms with Crippen molar-refractivity contribution >= 4 is 23.5 Å². The van der Waals surface area contributed by atoms with E-state index < -0.39 is 23.8 Å². The number of ether oxygens (including phenoxy) is 1. The number of benzene rings is 2. The lowest BCUT2D eigenvalue weighted by Crippen LogP contribution is -2.13. The van der Waals surface area contributed by atoms with Crippen LogP contribution in [0.25, 0.3) is 0 Å². The highest BCUT2D eigenvalue weighted by molar-refractivity contribution is 7.99. The number of aliphatic carboxylic acids is 1. The van der Waals surface area contributed by atoms with E-state index in [0.717, 1.165) is 6.42 Å². The first-order chi connectivity index (χ1) is 15.6. The van der Waals surface area contributed by atoms with Crippen LogP contribution in [0.5, 0.6) is 11.5 Å². The van der Waals surface area contributed by atoms with Gasteiger partial charge in [0.1, 0.15) is 17.3 Å². The van der Waals surface area contributed by atoms with Gasteiger partial charge in [0, 0.05) is 16.2 Å². The van der Waals surface area contributed by atoms with Gasteiger partial charge >= 0.3 is 5.97 Å². The number of phenols is 1. The highest BCUT2D eigenvalue weighted by Gasteiger charge is 2.20. The van der Waals surface area contributed by atoms with Crippen molar-refractivity contribution < 1.29 is 34.0 Å². The first-order valence-corrected chi connectivity index (χ1v) is 11.9. The second-order valence-electron chi connectivity index (χ2n) is 8.00. The molecule has 2 atom stereocenters. The van der Waals surface area contributed by atoms with E-state index in [1.165, 1.54) is 24.8 Å². The van der Waals surface area contributed by atoms with Gasteiger partial charge < -0.3 is 20.1 Å². The molecule has 2 unspecified atom stereocenters. The molecular formula is C25H31FO6S. The Bertz CT molecular complexity index is 978. The van der Waals surface area contributed by atoms with Gasteiger partial charge in [0.2, 0.25) is 0 Å². The number of aliphatic hydroxyl groups is 1. The molecule has 0 aliphatic heterocycles. The number of phenolic OH excluding ortho intramolecular Hbond substituents is 1. The number of thioether (sulfide) groups is 1. The van der Waals surface area contributed by atoms with E-state index in [4.69, 9.17) is 9.84 Å². The van der Waals surface area contributed by atoms with E-state index in [-0.39, 0.29) is 23.5 Å². The van der Waals surface area contributed by atoms with Crippen LogP contribution in [0.1, 0.15) is 67.6 Å². The molecule has 0 fully saturated rings. The van der Waals surface area contributed by atoms with E-state index in [2.05, 4.69) is 0 Å². The molecule has 33 heavy (non-hydrogen) atoms. The van der Waals surface area contributed by atoms with Crippen LogP contribution in [0.3, 0.4) is 0 Å². The minimum atomic E-state index is -1.05. The zero-order chi connectivity index (χ0) is 24.5. The summed E-state index contributed by atoms with van der Waals surface area (Å²) >= 11 is 1.32. The monoisotopic (exact) mass is 478 g/mol. The zero-order valence-electron chi connectivity index (χ0n) is 19.1. The van der Waals surface area contributed by atoms with Crippen LogP contribution >= 0.6 is 11.8 Å². The molecule has 0 amide bonds. The fourth-order valence-corrected chi connectivity index (χ4v) is 4.33. The van der Waals surface area contributed by atoms with Crippen LogP contribution in [-0.4, -0.2) is 39.4 Å². The second kappa shape index (κ2) is 12.6. The minimum Gasteiger partial charge on any atom is -0.507 e. The average molecular weight is 479 g/mol. The highest BCUT2D eigenvalue weighted by Crippen LogP contribution is 2.33. The van der Waals surface area contributed by atoms with Gasteiger partial charge in [0.15, 0.2) is 5.78 Å².